The van der Waals surface area contributed by atoms with Crippen molar-refractivity contribution in [1.29, 1.82) is 0 Å². The van der Waals surface area contributed by atoms with E-state index in [9.17, 15) is 4.39 Å². The minimum atomic E-state index is -0.207. The molecule has 0 amide bonds. The molecular formula is C15H19FN4O. The van der Waals surface area contributed by atoms with Crippen molar-refractivity contribution < 1.29 is 8.81 Å². The van der Waals surface area contributed by atoms with Gasteiger partial charge in [0.1, 0.15) is 5.82 Å². The van der Waals surface area contributed by atoms with Crippen LogP contribution in [0.5, 0.6) is 0 Å². The fourth-order valence-electron chi connectivity index (χ4n) is 2.05. The summed E-state index contributed by atoms with van der Waals surface area (Å²) in [4.78, 5) is 0. The second kappa shape index (κ2) is 5.81. The van der Waals surface area contributed by atoms with Crippen LogP contribution in [-0.4, -0.2) is 16.2 Å². The number of aryl methyl sites for hydroxylation is 1. The lowest BCUT2D eigenvalue weighted by atomic mass is 10.1. The summed E-state index contributed by atoms with van der Waals surface area (Å²) in [5, 5.41) is 14.3. The van der Waals surface area contributed by atoms with Crippen molar-refractivity contribution in [3.8, 4) is 0 Å². The van der Waals surface area contributed by atoms with E-state index in [0.29, 0.717) is 30.1 Å². The molecule has 1 aliphatic rings. The van der Waals surface area contributed by atoms with Crippen molar-refractivity contribution >= 4 is 6.01 Å². The van der Waals surface area contributed by atoms with Gasteiger partial charge in [0.2, 0.25) is 5.89 Å². The number of rotatable bonds is 6. The van der Waals surface area contributed by atoms with Crippen LogP contribution in [0.2, 0.25) is 0 Å². The first-order valence-corrected chi connectivity index (χ1v) is 7.20. The normalized spacial score (nSPS) is 16.0. The van der Waals surface area contributed by atoms with Crippen LogP contribution in [0.1, 0.15) is 42.8 Å². The molecule has 1 saturated carbocycles. The van der Waals surface area contributed by atoms with Crippen molar-refractivity contribution in [1.82, 2.24) is 15.5 Å². The second-order valence-electron chi connectivity index (χ2n) is 5.53. The van der Waals surface area contributed by atoms with Crippen molar-refractivity contribution in [3.05, 3.63) is 41.0 Å². The third-order valence-electron chi connectivity index (χ3n) is 3.62. The molecule has 0 spiro atoms. The highest BCUT2D eigenvalue weighted by Crippen LogP contribution is 2.21. The fourth-order valence-corrected chi connectivity index (χ4v) is 2.05. The van der Waals surface area contributed by atoms with Gasteiger partial charge >= 0.3 is 6.01 Å². The third-order valence-corrected chi connectivity index (χ3v) is 3.62. The van der Waals surface area contributed by atoms with E-state index >= 15 is 0 Å². The van der Waals surface area contributed by atoms with Crippen LogP contribution >= 0.6 is 0 Å². The summed E-state index contributed by atoms with van der Waals surface area (Å²) < 4.78 is 19.1. The number of hydrogen-bond acceptors (Lipinski definition) is 5. The summed E-state index contributed by atoms with van der Waals surface area (Å²) in [5.41, 5.74) is 1.48. The molecule has 2 N–H and O–H groups in total. The lowest BCUT2D eigenvalue weighted by Gasteiger charge is -2.12. The predicted octanol–water partition coefficient (Wildman–Crippen LogP) is 2.94. The maximum Gasteiger partial charge on any atom is 0.315 e. The van der Waals surface area contributed by atoms with Crippen molar-refractivity contribution in [2.24, 2.45) is 0 Å². The number of aromatic nitrogens is 2. The van der Waals surface area contributed by atoms with E-state index in [1.165, 1.54) is 18.9 Å². The molecule has 112 valence electrons. The van der Waals surface area contributed by atoms with Crippen LogP contribution in [0.25, 0.3) is 0 Å². The number of nitrogens with zero attached hydrogens (tertiary/aromatic N) is 2. The molecule has 0 aliphatic heterocycles. The Balaban J connectivity index is 1.60. The smallest absolute Gasteiger partial charge is 0.315 e. The summed E-state index contributed by atoms with van der Waals surface area (Å²) >= 11 is 0. The van der Waals surface area contributed by atoms with Crippen LogP contribution in [0.15, 0.2) is 22.6 Å². The molecular weight excluding hydrogens is 271 g/mol. The first kappa shape index (κ1) is 14.0. The zero-order chi connectivity index (χ0) is 14.8. The van der Waals surface area contributed by atoms with E-state index in [0.717, 1.165) is 5.56 Å². The Morgan fingerprint density at radius 1 is 1.38 bits per heavy atom. The zero-order valence-electron chi connectivity index (χ0n) is 12.2. The monoisotopic (exact) mass is 290 g/mol. The molecule has 1 heterocycles. The first-order valence-electron chi connectivity index (χ1n) is 7.20. The van der Waals surface area contributed by atoms with E-state index < -0.39 is 0 Å². The molecule has 3 rings (SSSR count). The first-order chi connectivity index (χ1) is 10.1. The molecule has 1 fully saturated rings. The van der Waals surface area contributed by atoms with Crippen LogP contribution < -0.4 is 10.6 Å². The van der Waals surface area contributed by atoms with Crippen molar-refractivity contribution in [2.45, 2.75) is 45.3 Å². The van der Waals surface area contributed by atoms with E-state index in [1.807, 2.05) is 13.0 Å². The zero-order valence-corrected chi connectivity index (χ0v) is 12.2. The van der Waals surface area contributed by atoms with E-state index in [4.69, 9.17) is 4.42 Å². The number of halogens is 1. The standard InChI is InChI=1S/C15H19FN4O/c1-9-3-4-11(7-13(9)16)10(2)18-15-20-19-14(21-15)8-17-12-5-6-12/h3-4,7,10,12,17H,5-6,8H2,1-2H3,(H,18,20). The molecule has 1 aromatic carbocycles. The van der Waals surface area contributed by atoms with E-state index in [2.05, 4.69) is 20.8 Å². The van der Waals surface area contributed by atoms with Gasteiger partial charge in [-0.05, 0) is 43.9 Å². The van der Waals surface area contributed by atoms with Gasteiger partial charge in [-0.1, -0.05) is 17.2 Å². The van der Waals surface area contributed by atoms with Crippen LogP contribution in [0, 0.1) is 12.7 Å². The maximum absolute atomic E-state index is 13.6. The van der Waals surface area contributed by atoms with Crippen LogP contribution in [0.4, 0.5) is 10.4 Å². The SMILES string of the molecule is Cc1ccc(C(C)Nc2nnc(CNC3CC3)o2)cc1F. The number of benzene rings is 1. The predicted molar refractivity (Wildman–Crippen MR) is 77.3 cm³/mol. The van der Waals surface area contributed by atoms with Gasteiger partial charge in [-0.2, -0.15) is 0 Å². The summed E-state index contributed by atoms with van der Waals surface area (Å²) in [5.74, 6) is 0.354. The van der Waals surface area contributed by atoms with E-state index in [1.54, 1.807) is 13.0 Å². The average molecular weight is 290 g/mol. The van der Waals surface area contributed by atoms with Gasteiger partial charge in [0.15, 0.2) is 0 Å². The van der Waals surface area contributed by atoms with Crippen LogP contribution in [0.3, 0.4) is 0 Å². The highest BCUT2D eigenvalue weighted by atomic mass is 19.1. The minimum absolute atomic E-state index is 0.107. The Morgan fingerprint density at radius 3 is 2.90 bits per heavy atom. The molecule has 5 nitrogen and oxygen atoms in total. The molecule has 0 bridgehead atoms. The molecule has 0 radical (unpaired) electrons. The Morgan fingerprint density at radius 2 is 2.19 bits per heavy atom. The highest BCUT2D eigenvalue weighted by Gasteiger charge is 2.21. The molecule has 21 heavy (non-hydrogen) atoms. The third kappa shape index (κ3) is 3.58. The number of nitrogens with one attached hydrogen (secondary N) is 2. The summed E-state index contributed by atoms with van der Waals surface area (Å²) in [6.45, 7) is 4.26. The summed E-state index contributed by atoms with van der Waals surface area (Å²) in [6, 6.07) is 6.03. The number of anilines is 1. The Labute approximate surface area is 123 Å². The molecule has 2 aromatic rings. The summed E-state index contributed by atoms with van der Waals surface area (Å²) in [7, 11) is 0. The average Bonchev–Trinajstić information content (AvgIpc) is 3.19. The quantitative estimate of drug-likeness (QED) is 0.856. The van der Waals surface area contributed by atoms with E-state index in [-0.39, 0.29) is 11.9 Å². The van der Waals surface area contributed by atoms with Gasteiger partial charge in [-0.25, -0.2) is 4.39 Å². The Hall–Kier alpha value is -1.95. The topological polar surface area (TPSA) is 63.0 Å². The minimum Gasteiger partial charge on any atom is -0.407 e. The van der Waals surface area contributed by atoms with Gasteiger partial charge < -0.3 is 15.1 Å². The maximum atomic E-state index is 13.6. The molecule has 6 heteroatoms. The summed E-state index contributed by atoms with van der Waals surface area (Å²) in [6.07, 6.45) is 2.44. The molecule has 1 unspecified atom stereocenters. The van der Waals surface area contributed by atoms with Gasteiger partial charge in [0, 0.05) is 6.04 Å². The Bertz CT molecular complexity index is 624. The molecule has 1 atom stereocenters. The Kier molecular flexibility index (Phi) is 3.88. The van der Waals surface area contributed by atoms with Gasteiger partial charge in [-0.3, -0.25) is 0 Å². The second-order valence-corrected chi connectivity index (χ2v) is 5.53. The lowest BCUT2D eigenvalue weighted by Crippen LogP contribution is -2.15. The van der Waals surface area contributed by atoms with Crippen LogP contribution in [-0.2, 0) is 6.54 Å². The van der Waals surface area contributed by atoms with Gasteiger partial charge in [0.05, 0.1) is 12.6 Å². The largest absolute Gasteiger partial charge is 0.407 e. The van der Waals surface area contributed by atoms with Crippen molar-refractivity contribution in [2.75, 3.05) is 5.32 Å². The number of hydrogen-bond donors (Lipinski definition) is 2. The molecule has 0 saturated heterocycles. The lowest BCUT2D eigenvalue weighted by molar-refractivity contribution is 0.473. The molecule has 1 aromatic heterocycles. The van der Waals surface area contributed by atoms with Crippen molar-refractivity contribution in [3.63, 3.8) is 0 Å². The highest BCUT2D eigenvalue weighted by molar-refractivity contribution is 5.31. The van der Waals surface area contributed by atoms with Gasteiger partial charge in [0.25, 0.3) is 0 Å². The van der Waals surface area contributed by atoms with Gasteiger partial charge in [-0.15, -0.1) is 5.10 Å². The fraction of sp³-hybridized carbons (Fsp3) is 0.467. The molecule has 1 aliphatic carbocycles.